The van der Waals surface area contributed by atoms with Crippen molar-refractivity contribution in [3.63, 3.8) is 0 Å². The highest BCUT2D eigenvalue weighted by Gasteiger charge is 2.22. The van der Waals surface area contributed by atoms with Gasteiger partial charge in [0.15, 0.2) is 5.57 Å². The lowest BCUT2D eigenvalue weighted by Crippen LogP contribution is -2.34. The smallest absolute Gasteiger partial charge is 0.159 e. The Labute approximate surface area is 102 Å². The van der Waals surface area contributed by atoms with Crippen LogP contribution in [0.25, 0.3) is 0 Å². The first kappa shape index (κ1) is 12.9. The molecule has 1 saturated heterocycles. The predicted molar refractivity (Wildman–Crippen MR) is 66.4 cm³/mol. The topological polar surface area (TPSA) is 50.8 Å². The van der Waals surface area contributed by atoms with E-state index in [1.807, 2.05) is 18.4 Å². The minimum Gasteiger partial charge on any atom is -0.364 e. The maximum absolute atomic E-state index is 8.91. The van der Waals surface area contributed by atoms with E-state index in [9.17, 15) is 0 Å². The van der Waals surface area contributed by atoms with Crippen molar-refractivity contribution in [2.24, 2.45) is 5.92 Å². The summed E-state index contributed by atoms with van der Waals surface area (Å²) in [6.07, 6.45) is 5.53. The molecule has 1 fully saturated rings. The third-order valence-electron chi connectivity index (χ3n) is 3.01. The van der Waals surface area contributed by atoms with E-state index >= 15 is 0 Å². The van der Waals surface area contributed by atoms with E-state index in [1.54, 1.807) is 0 Å². The normalized spacial score (nSPS) is 19.8. The molecule has 86 valence electrons. The molecule has 1 aliphatic heterocycles. The van der Waals surface area contributed by atoms with Gasteiger partial charge in [0.05, 0.1) is 5.03 Å². The van der Waals surface area contributed by atoms with Gasteiger partial charge in [-0.15, -0.1) is 11.8 Å². The van der Waals surface area contributed by atoms with Crippen molar-refractivity contribution in [1.29, 1.82) is 10.5 Å². The fraction of sp³-hybridized carbons (Fsp3) is 0.667. The molecule has 0 saturated carbocycles. The Kier molecular flexibility index (Phi) is 5.22. The van der Waals surface area contributed by atoms with Gasteiger partial charge in [0.1, 0.15) is 12.1 Å². The van der Waals surface area contributed by atoms with Gasteiger partial charge in [0, 0.05) is 13.1 Å². The first-order valence-electron chi connectivity index (χ1n) is 5.60. The molecule has 0 bridgehead atoms. The van der Waals surface area contributed by atoms with E-state index in [1.165, 1.54) is 24.6 Å². The molecule has 0 amide bonds. The quantitative estimate of drug-likeness (QED) is 0.706. The second-order valence-electron chi connectivity index (χ2n) is 3.97. The van der Waals surface area contributed by atoms with Crippen molar-refractivity contribution < 1.29 is 0 Å². The van der Waals surface area contributed by atoms with E-state index in [-0.39, 0.29) is 5.57 Å². The monoisotopic (exact) mass is 235 g/mol. The maximum Gasteiger partial charge on any atom is 0.159 e. The summed E-state index contributed by atoms with van der Waals surface area (Å²) in [4.78, 5) is 2.20. The first-order chi connectivity index (χ1) is 7.76. The molecule has 0 radical (unpaired) electrons. The lowest BCUT2D eigenvalue weighted by atomic mass is 9.96. The SMILES string of the molecule is CC[C@@H]1CCCN(C(SC)=C(C#N)C#N)C1. The standard InChI is InChI=1S/C12H17N3S/c1-3-10-5-4-6-15(9-10)12(16-2)11(7-13)8-14/h10H,3-6,9H2,1-2H3/t10-/m1/s1. The minimum absolute atomic E-state index is 0.254. The summed E-state index contributed by atoms with van der Waals surface area (Å²) in [5, 5.41) is 18.7. The highest BCUT2D eigenvalue weighted by atomic mass is 32.2. The molecule has 1 heterocycles. The zero-order valence-corrected chi connectivity index (χ0v) is 10.7. The van der Waals surface area contributed by atoms with Crippen molar-refractivity contribution >= 4 is 11.8 Å². The maximum atomic E-state index is 8.91. The van der Waals surface area contributed by atoms with Crippen molar-refractivity contribution in [3.8, 4) is 12.1 Å². The average Bonchev–Trinajstić information content (AvgIpc) is 2.35. The predicted octanol–water partition coefficient (Wildman–Crippen LogP) is 2.73. The summed E-state index contributed by atoms with van der Waals surface area (Å²) in [6, 6.07) is 3.98. The number of hydrogen-bond acceptors (Lipinski definition) is 4. The molecule has 16 heavy (non-hydrogen) atoms. The van der Waals surface area contributed by atoms with Gasteiger partial charge in [0.25, 0.3) is 0 Å². The van der Waals surface area contributed by atoms with Crippen LogP contribution in [-0.4, -0.2) is 24.2 Å². The van der Waals surface area contributed by atoms with Gasteiger partial charge in [-0.05, 0) is 25.0 Å². The van der Waals surface area contributed by atoms with Crippen LogP contribution >= 0.6 is 11.8 Å². The van der Waals surface area contributed by atoms with E-state index in [2.05, 4.69) is 11.8 Å². The molecule has 1 rings (SSSR count). The summed E-state index contributed by atoms with van der Waals surface area (Å²) in [7, 11) is 0. The number of nitriles is 2. The lowest BCUT2D eigenvalue weighted by Gasteiger charge is -2.34. The van der Waals surface area contributed by atoms with Crippen molar-refractivity contribution in [2.45, 2.75) is 26.2 Å². The molecule has 0 aromatic rings. The molecular weight excluding hydrogens is 218 g/mol. The van der Waals surface area contributed by atoms with Gasteiger partial charge in [0.2, 0.25) is 0 Å². The minimum atomic E-state index is 0.254. The van der Waals surface area contributed by atoms with Gasteiger partial charge in [-0.2, -0.15) is 10.5 Å². The zero-order chi connectivity index (χ0) is 12.0. The largest absolute Gasteiger partial charge is 0.364 e. The van der Waals surface area contributed by atoms with Crippen LogP contribution in [0.15, 0.2) is 10.6 Å². The van der Waals surface area contributed by atoms with Crippen LogP contribution in [0.2, 0.25) is 0 Å². The third kappa shape index (κ3) is 2.93. The summed E-state index contributed by atoms with van der Waals surface area (Å²) >= 11 is 1.51. The Morgan fingerprint density at radius 1 is 1.44 bits per heavy atom. The highest BCUT2D eigenvalue weighted by Crippen LogP contribution is 2.28. The average molecular weight is 235 g/mol. The molecule has 0 spiro atoms. The highest BCUT2D eigenvalue weighted by molar-refractivity contribution is 8.02. The first-order valence-corrected chi connectivity index (χ1v) is 6.82. The molecule has 1 atom stereocenters. The lowest BCUT2D eigenvalue weighted by molar-refractivity contribution is 0.224. The van der Waals surface area contributed by atoms with Crippen LogP contribution in [-0.2, 0) is 0 Å². The number of rotatable bonds is 3. The van der Waals surface area contributed by atoms with Crippen LogP contribution in [0.1, 0.15) is 26.2 Å². The molecule has 3 nitrogen and oxygen atoms in total. The van der Waals surface area contributed by atoms with Crippen LogP contribution in [0, 0.1) is 28.6 Å². The Balaban J connectivity index is 2.86. The molecule has 4 heteroatoms. The summed E-state index contributed by atoms with van der Waals surface area (Å²) < 4.78 is 0. The Hall–Kier alpha value is -1.13. The van der Waals surface area contributed by atoms with Gasteiger partial charge < -0.3 is 4.90 Å². The summed E-state index contributed by atoms with van der Waals surface area (Å²) in [5.74, 6) is 0.703. The Bertz CT molecular complexity index is 332. The van der Waals surface area contributed by atoms with Crippen LogP contribution in [0.5, 0.6) is 0 Å². The zero-order valence-electron chi connectivity index (χ0n) is 9.86. The van der Waals surface area contributed by atoms with Crippen LogP contribution in [0.3, 0.4) is 0 Å². The molecule has 0 aromatic carbocycles. The molecule has 0 aromatic heterocycles. The fourth-order valence-electron chi connectivity index (χ4n) is 2.09. The molecule has 0 unspecified atom stereocenters. The number of nitrogens with zero attached hydrogens (tertiary/aromatic N) is 3. The molecular formula is C12H17N3S. The van der Waals surface area contributed by atoms with Crippen molar-refractivity contribution in [3.05, 3.63) is 10.6 Å². The summed E-state index contributed by atoms with van der Waals surface area (Å²) in [6.45, 7) is 4.16. The Morgan fingerprint density at radius 3 is 2.62 bits per heavy atom. The van der Waals surface area contributed by atoms with Crippen LogP contribution < -0.4 is 0 Å². The number of likely N-dealkylation sites (tertiary alicyclic amines) is 1. The van der Waals surface area contributed by atoms with Gasteiger partial charge in [-0.1, -0.05) is 13.3 Å². The van der Waals surface area contributed by atoms with Gasteiger partial charge in [-0.25, -0.2) is 0 Å². The second kappa shape index (κ2) is 6.45. The number of allylic oxidation sites excluding steroid dienone is 1. The second-order valence-corrected chi connectivity index (χ2v) is 4.77. The van der Waals surface area contributed by atoms with Crippen molar-refractivity contribution in [2.75, 3.05) is 19.3 Å². The van der Waals surface area contributed by atoms with E-state index in [0.717, 1.165) is 24.5 Å². The van der Waals surface area contributed by atoms with E-state index in [4.69, 9.17) is 10.5 Å². The van der Waals surface area contributed by atoms with Gasteiger partial charge >= 0.3 is 0 Å². The molecule has 1 aliphatic rings. The molecule has 0 N–H and O–H groups in total. The van der Waals surface area contributed by atoms with E-state index in [0.29, 0.717) is 5.92 Å². The van der Waals surface area contributed by atoms with Gasteiger partial charge in [-0.3, -0.25) is 0 Å². The molecule has 0 aliphatic carbocycles. The number of piperidine rings is 1. The summed E-state index contributed by atoms with van der Waals surface area (Å²) in [5.41, 5.74) is 0.254. The Morgan fingerprint density at radius 2 is 2.12 bits per heavy atom. The fourth-order valence-corrected chi connectivity index (χ4v) is 2.81. The third-order valence-corrected chi connectivity index (χ3v) is 3.86. The van der Waals surface area contributed by atoms with Crippen LogP contribution in [0.4, 0.5) is 0 Å². The van der Waals surface area contributed by atoms with E-state index < -0.39 is 0 Å². The van der Waals surface area contributed by atoms with Crippen molar-refractivity contribution in [1.82, 2.24) is 4.90 Å². The number of thioether (sulfide) groups is 1. The number of hydrogen-bond donors (Lipinski definition) is 0.